The van der Waals surface area contributed by atoms with Crippen LogP contribution in [0, 0.1) is 6.92 Å². The number of hydrogen-bond donors (Lipinski definition) is 1. The fraction of sp³-hybridized carbons (Fsp3) is 0.357. The van der Waals surface area contributed by atoms with Crippen molar-refractivity contribution in [1.29, 1.82) is 0 Å². The number of nitrogens with two attached hydrogens (primary N) is 1. The first-order valence-electron chi connectivity index (χ1n) is 6.15. The molecule has 0 aliphatic heterocycles. The number of aromatic nitrogens is 2. The SMILES string of the molecule is COc1ccc(-c2nn(C)c(CCN)c2Br)cc1C. The minimum absolute atomic E-state index is 0.610. The molecule has 0 spiro atoms. The molecule has 0 amide bonds. The fourth-order valence-electron chi connectivity index (χ4n) is 2.15. The van der Waals surface area contributed by atoms with E-state index < -0.39 is 0 Å². The molecule has 1 heterocycles. The van der Waals surface area contributed by atoms with Gasteiger partial charge in [-0.05, 0) is 53.2 Å². The Kier molecular flexibility index (Phi) is 4.27. The minimum Gasteiger partial charge on any atom is -0.496 e. The lowest BCUT2D eigenvalue weighted by molar-refractivity contribution is 0.412. The van der Waals surface area contributed by atoms with Gasteiger partial charge in [-0.25, -0.2) is 0 Å². The van der Waals surface area contributed by atoms with Gasteiger partial charge in [0, 0.05) is 19.0 Å². The van der Waals surface area contributed by atoms with Crippen molar-refractivity contribution in [3.8, 4) is 17.0 Å². The first-order chi connectivity index (χ1) is 9.08. The molecule has 2 aromatic rings. The van der Waals surface area contributed by atoms with E-state index in [-0.39, 0.29) is 0 Å². The van der Waals surface area contributed by atoms with Gasteiger partial charge in [-0.3, -0.25) is 4.68 Å². The smallest absolute Gasteiger partial charge is 0.121 e. The van der Waals surface area contributed by atoms with Crippen LogP contribution in [0.4, 0.5) is 0 Å². The zero-order valence-corrected chi connectivity index (χ0v) is 13.0. The van der Waals surface area contributed by atoms with E-state index in [0.717, 1.165) is 39.2 Å². The highest BCUT2D eigenvalue weighted by Crippen LogP contribution is 2.32. The lowest BCUT2D eigenvalue weighted by Gasteiger charge is -2.06. The maximum absolute atomic E-state index is 5.63. The Bertz CT molecular complexity index is 593. The summed E-state index contributed by atoms with van der Waals surface area (Å²) in [6, 6.07) is 6.07. The summed E-state index contributed by atoms with van der Waals surface area (Å²) in [5, 5.41) is 4.57. The second kappa shape index (κ2) is 5.75. The van der Waals surface area contributed by atoms with E-state index in [1.54, 1.807) is 7.11 Å². The summed E-state index contributed by atoms with van der Waals surface area (Å²) < 4.78 is 8.18. The summed E-state index contributed by atoms with van der Waals surface area (Å²) in [5.74, 6) is 0.887. The summed E-state index contributed by atoms with van der Waals surface area (Å²) in [6.07, 6.45) is 0.805. The second-order valence-electron chi connectivity index (χ2n) is 4.46. The molecule has 0 aliphatic carbocycles. The predicted molar refractivity (Wildman–Crippen MR) is 80.4 cm³/mol. The van der Waals surface area contributed by atoms with Crippen LogP contribution in [0.3, 0.4) is 0 Å². The van der Waals surface area contributed by atoms with Crippen LogP contribution in [0.15, 0.2) is 22.7 Å². The molecule has 0 radical (unpaired) electrons. The number of hydrogen-bond acceptors (Lipinski definition) is 3. The first kappa shape index (κ1) is 14.1. The maximum Gasteiger partial charge on any atom is 0.121 e. The number of halogens is 1. The second-order valence-corrected chi connectivity index (χ2v) is 5.25. The number of rotatable bonds is 4. The summed E-state index contributed by atoms with van der Waals surface area (Å²) in [7, 11) is 3.62. The molecule has 5 heteroatoms. The molecule has 0 aliphatic rings. The predicted octanol–water partition coefficient (Wildman–Crippen LogP) is 2.67. The van der Waals surface area contributed by atoms with Crippen molar-refractivity contribution in [2.45, 2.75) is 13.3 Å². The molecule has 1 aromatic carbocycles. The van der Waals surface area contributed by atoms with Crippen molar-refractivity contribution in [3.05, 3.63) is 33.9 Å². The highest BCUT2D eigenvalue weighted by atomic mass is 79.9. The Morgan fingerprint density at radius 1 is 1.42 bits per heavy atom. The summed E-state index contributed by atoms with van der Waals surface area (Å²) in [5.41, 5.74) is 9.86. The van der Waals surface area contributed by atoms with Crippen LogP contribution in [0.1, 0.15) is 11.3 Å². The lowest BCUT2D eigenvalue weighted by atomic mass is 10.1. The third-order valence-electron chi connectivity index (χ3n) is 3.15. The Balaban J connectivity index is 2.47. The van der Waals surface area contributed by atoms with Gasteiger partial charge >= 0.3 is 0 Å². The average Bonchev–Trinajstić information content (AvgIpc) is 2.67. The van der Waals surface area contributed by atoms with Gasteiger partial charge in [0.15, 0.2) is 0 Å². The molecule has 2 N–H and O–H groups in total. The fourth-order valence-corrected chi connectivity index (χ4v) is 2.91. The van der Waals surface area contributed by atoms with Crippen molar-refractivity contribution in [3.63, 3.8) is 0 Å². The average molecular weight is 324 g/mol. The summed E-state index contributed by atoms with van der Waals surface area (Å²) >= 11 is 3.63. The quantitative estimate of drug-likeness (QED) is 0.941. The zero-order chi connectivity index (χ0) is 14.0. The van der Waals surface area contributed by atoms with Crippen LogP contribution in [-0.2, 0) is 13.5 Å². The molecule has 0 unspecified atom stereocenters. The molecule has 102 valence electrons. The molecule has 0 atom stereocenters. The van der Waals surface area contributed by atoms with Crippen molar-refractivity contribution < 1.29 is 4.74 Å². The Morgan fingerprint density at radius 3 is 2.74 bits per heavy atom. The van der Waals surface area contributed by atoms with Gasteiger partial charge < -0.3 is 10.5 Å². The van der Waals surface area contributed by atoms with Crippen LogP contribution in [0.2, 0.25) is 0 Å². The molecule has 1 aromatic heterocycles. The van der Waals surface area contributed by atoms with E-state index >= 15 is 0 Å². The maximum atomic E-state index is 5.63. The number of aryl methyl sites for hydroxylation is 2. The molecule has 4 nitrogen and oxygen atoms in total. The van der Waals surface area contributed by atoms with E-state index in [0.29, 0.717) is 6.54 Å². The van der Waals surface area contributed by atoms with E-state index in [2.05, 4.69) is 27.1 Å². The largest absolute Gasteiger partial charge is 0.496 e. The van der Waals surface area contributed by atoms with Gasteiger partial charge in [0.05, 0.1) is 17.3 Å². The first-order valence-corrected chi connectivity index (χ1v) is 6.94. The van der Waals surface area contributed by atoms with Crippen molar-refractivity contribution >= 4 is 15.9 Å². The number of benzene rings is 1. The van der Waals surface area contributed by atoms with E-state index in [1.807, 2.05) is 30.8 Å². The van der Waals surface area contributed by atoms with Gasteiger partial charge in [0.2, 0.25) is 0 Å². The molecule has 0 saturated heterocycles. The van der Waals surface area contributed by atoms with Crippen LogP contribution >= 0.6 is 15.9 Å². The van der Waals surface area contributed by atoms with Gasteiger partial charge in [0.1, 0.15) is 11.4 Å². The molecule has 2 rings (SSSR count). The summed E-state index contributed by atoms with van der Waals surface area (Å²) in [4.78, 5) is 0. The van der Waals surface area contributed by atoms with Gasteiger partial charge in [-0.15, -0.1) is 0 Å². The Labute approximate surface area is 121 Å². The monoisotopic (exact) mass is 323 g/mol. The molecule has 0 fully saturated rings. The normalized spacial score (nSPS) is 10.8. The third-order valence-corrected chi connectivity index (χ3v) is 3.98. The Hall–Kier alpha value is -1.33. The zero-order valence-electron chi connectivity index (χ0n) is 11.4. The van der Waals surface area contributed by atoms with Crippen molar-refractivity contribution in [2.24, 2.45) is 12.8 Å². The molecular weight excluding hydrogens is 306 g/mol. The minimum atomic E-state index is 0.610. The number of ether oxygens (including phenoxy) is 1. The van der Waals surface area contributed by atoms with Crippen LogP contribution < -0.4 is 10.5 Å². The molecular formula is C14H18BrN3O. The third kappa shape index (κ3) is 2.67. The lowest BCUT2D eigenvalue weighted by Crippen LogP contribution is -2.07. The van der Waals surface area contributed by atoms with E-state index in [9.17, 15) is 0 Å². The van der Waals surface area contributed by atoms with Gasteiger partial charge in [-0.2, -0.15) is 5.10 Å². The highest BCUT2D eigenvalue weighted by Gasteiger charge is 2.15. The van der Waals surface area contributed by atoms with Crippen LogP contribution in [0.5, 0.6) is 5.75 Å². The molecule has 19 heavy (non-hydrogen) atoms. The van der Waals surface area contributed by atoms with E-state index in [1.165, 1.54) is 0 Å². The standard InChI is InChI=1S/C14H18BrN3O/c1-9-8-10(4-5-12(9)19-3)14-13(15)11(6-7-16)18(2)17-14/h4-5,8H,6-7,16H2,1-3H3. The van der Waals surface area contributed by atoms with Gasteiger partial charge in [0.25, 0.3) is 0 Å². The topological polar surface area (TPSA) is 53.1 Å². The Morgan fingerprint density at radius 2 is 2.16 bits per heavy atom. The highest BCUT2D eigenvalue weighted by molar-refractivity contribution is 9.10. The number of nitrogens with zero attached hydrogens (tertiary/aromatic N) is 2. The van der Waals surface area contributed by atoms with E-state index in [4.69, 9.17) is 10.5 Å². The van der Waals surface area contributed by atoms with Crippen LogP contribution in [0.25, 0.3) is 11.3 Å². The van der Waals surface area contributed by atoms with Crippen molar-refractivity contribution in [2.75, 3.05) is 13.7 Å². The van der Waals surface area contributed by atoms with Gasteiger partial charge in [-0.1, -0.05) is 0 Å². The van der Waals surface area contributed by atoms with Crippen molar-refractivity contribution in [1.82, 2.24) is 9.78 Å². The summed E-state index contributed by atoms with van der Waals surface area (Å²) in [6.45, 7) is 2.64. The molecule has 0 bridgehead atoms. The van der Waals surface area contributed by atoms with Crippen LogP contribution in [-0.4, -0.2) is 23.4 Å². The number of methoxy groups -OCH3 is 1. The molecule has 0 saturated carbocycles.